The lowest BCUT2D eigenvalue weighted by atomic mass is 10.0. The number of rotatable bonds is 6. The molecule has 3 N–H and O–H groups in total. The van der Waals surface area contributed by atoms with Crippen LogP contribution in [0.2, 0.25) is 0 Å². The molecule has 6 nitrogen and oxygen atoms in total. The minimum absolute atomic E-state index is 0.0463. The van der Waals surface area contributed by atoms with Gasteiger partial charge in [-0.3, -0.25) is 9.89 Å². The highest BCUT2D eigenvalue weighted by molar-refractivity contribution is 6.01. The lowest BCUT2D eigenvalue weighted by molar-refractivity contribution is -0.116. The van der Waals surface area contributed by atoms with Crippen LogP contribution >= 0.6 is 0 Å². The van der Waals surface area contributed by atoms with Crippen LogP contribution in [0, 0.1) is 0 Å². The van der Waals surface area contributed by atoms with E-state index < -0.39 is 0 Å². The van der Waals surface area contributed by atoms with Crippen LogP contribution in [0.3, 0.4) is 0 Å². The first kappa shape index (κ1) is 22.4. The molecule has 182 valence electrons. The van der Waals surface area contributed by atoms with Crippen molar-refractivity contribution in [2.45, 2.75) is 39.0 Å². The topological polar surface area (TPSA) is 76.8 Å². The molecule has 0 aliphatic carbocycles. The summed E-state index contributed by atoms with van der Waals surface area (Å²) in [6.07, 6.45) is 5.19. The van der Waals surface area contributed by atoms with Gasteiger partial charge in [0.25, 0.3) is 0 Å². The summed E-state index contributed by atoms with van der Waals surface area (Å²) in [5.74, 6) is 0.0463. The maximum atomic E-state index is 12.1. The lowest BCUT2D eigenvalue weighted by Crippen LogP contribution is -2.29. The Labute approximate surface area is 210 Å². The summed E-state index contributed by atoms with van der Waals surface area (Å²) in [5.41, 5.74) is 8.33. The average molecular weight is 478 g/mol. The minimum atomic E-state index is 0.0463. The summed E-state index contributed by atoms with van der Waals surface area (Å²) in [7, 11) is 0. The Bertz CT molecular complexity index is 1540. The molecule has 1 aliphatic rings. The molecule has 5 aromatic rings. The monoisotopic (exact) mass is 477 g/mol. The number of carbonyl (C=O) groups excluding carboxylic acids is 1. The van der Waals surface area contributed by atoms with Gasteiger partial charge in [0, 0.05) is 47.2 Å². The van der Waals surface area contributed by atoms with E-state index >= 15 is 0 Å². The number of H-pyrrole nitrogens is 2. The number of nitrogens with one attached hydrogen (secondary N) is 3. The number of benzene rings is 3. The molecular weight excluding hydrogens is 446 g/mol. The predicted molar refractivity (Wildman–Crippen MR) is 148 cm³/mol. The van der Waals surface area contributed by atoms with Gasteiger partial charge in [0.05, 0.1) is 11.2 Å². The molecule has 0 radical (unpaired) electrons. The standard InChI is InChI=1S/C30H31N5O/c1-2-8-29(36)31-22-10-6-9-20(17-22)21-13-14-26-24(18-21)30(34-33-26)27-19-23-25(32-27)11-7-12-28(23)35-15-4-3-5-16-35/h6-7,9-14,17-19,32H,2-5,8,15-16H2,1H3,(H,31,36)(H,33,34). The summed E-state index contributed by atoms with van der Waals surface area (Å²) in [4.78, 5) is 18.2. The molecule has 36 heavy (non-hydrogen) atoms. The molecule has 0 bridgehead atoms. The number of anilines is 2. The third kappa shape index (κ3) is 4.24. The van der Waals surface area contributed by atoms with E-state index in [1.807, 2.05) is 25.1 Å². The van der Waals surface area contributed by atoms with Gasteiger partial charge < -0.3 is 15.2 Å². The Hall–Kier alpha value is -4.06. The van der Waals surface area contributed by atoms with E-state index in [0.29, 0.717) is 6.42 Å². The number of aromatic nitrogens is 3. The lowest BCUT2D eigenvalue weighted by Gasteiger charge is -2.29. The molecular formula is C30H31N5O. The molecule has 0 spiro atoms. The van der Waals surface area contributed by atoms with Crippen LogP contribution in [0.25, 0.3) is 44.3 Å². The molecule has 3 aromatic carbocycles. The summed E-state index contributed by atoms with van der Waals surface area (Å²) in [6, 6.07) is 23.1. The summed E-state index contributed by atoms with van der Waals surface area (Å²) in [6.45, 7) is 4.24. The zero-order chi connectivity index (χ0) is 24.5. The van der Waals surface area contributed by atoms with Crippen LogP contribution in [0.4, 0.5) is 11.4 Å². The molecule has 0 unspecified atom stereocenters. The molecule has 1 saturated heterocycles. The molecule has 1 fully saturated rings. The zero-order valence-corrected chi connectivity index (χ0v) is 20.6. The van der Waals surface area contributed by atoms with Gasteiger partial charge in [0.1, 0.15) is 5.69 Å². The maximum absolute atomic E-state index is 12.1. The molecule has 3 heterocycles. The fourth-order valence-corrected chi connectivity index (χ4v) is 5.30. The van der Waals surface area contributed by atoms with Gasteiger partial charge in [-0.05, 0) is 79.3 Å². The van der Waals surface area contributed by atoms with Crippen molar-refractivity contribution in [2.24, 2.45) is 0 Å². The number of carbonyl (C=O) groups is 1. The Morgan fingerprint density at radius 1 is 0.917 bits per heavy atom. The second-order valence-corrected chi connectivity index (χ2v) is 9.68. The number of hydrogen-bond acceptors (Lipinski definition) is 3. The van der Waals surface area contributed by atoms with Crippen molar-refractivity contribution in [3.05, 3.63) is 66.7 Å². The van der Waals surface area contributed by atoms with Gasteiger partial charge >= 0.3 is 0 Å². The highest BCUT2D eigenvalue weighted by atomic mass is 16.1. The maximum Gasteiger partial charge on any atom is 0.224 e. The summed E-state index contributed by atoms with van der Waals surface area (Å²) >= 11 is 0. The molecule has 6 heteroatoms. The second-order valence-electron chi connectivity index (χ2n) is 9.68. The van der Waals surface area contributed by atoms with E-state index in [2.05, 4.69) is 73.9 Å². The normalized spacial score (nSPS) is 14.0. The van der Waals surface area contributed by atoms with Crippen molar-refractivity contribution in [3.8, 4) is 22.5 Å². The quantitative estimate of drug-likeness (QED) is 0.244. The number of nitrogens with zero attached hydrogens (tertiary/aromatic N) is 2. The first-order valence-electron chi connectivity index (χ1n) is 12.9. The van der Waals surface area contributed by atoms with Gasteiger partial charge in [0.15, 0.2) is 0 Å². The first-order valence-corrected chi connectivity index (χ1v) is 12.9. The fraction of sp³-hybridized carbons (Fsp3) is 0.267. The Morgan fingerprint density at radius 2 is 1.75 bits per heavy atom. The molecule has 0 atom stereocenters. The molecule has 0 saturated carbocycles. The van der Waals surface area contributed by atoms with Crippen molar-refractivity contribution in [1.29, 1.82) is 0 Å². The van der Waals surface area contributed by atoms with Gasteiger partial charge in [-0.15, -0.1) is 0 Å². The average Bonchev–Trinajstić information content (AvgIpc) is 3.53. The van der Waals surface area contributed by atoms with Crippen LogP contribution in [0.1, 0.15) is 39.0 Å². The minimum Gasteiger partial charge on any atom is -0.371 e. The fourth-order valence-electron chi connectivity index (χ4n) is 5.30. The van der Waals surface area contributed by atoms with Crippen molar-refractivity contribution in [3.63, 3.8) is 0 Å². The van der Waals surface area contributed by atoms with E-state index in [0.717, 1.165) is 64.1 Å². The van der Waals surface area contributed by atoms with Crippen molar-refractivity contribution >= 4 is 39.1 Å². The molecule has 6 rings (SSSR count). The highest BCUT2D eigenvalue weighted by Crippen LogP contribution is 2.35. The van der Waals surface area contributed by atoms with Crippen LogP contribution in [0.15, 0.2) is 66.7 Å². The van der Waals surface area contributed by atoms with E-state index in [1.54, 1.807) is 0 Å². The Kier molecular flexibility index (Phi) is 5.93. The van der Waals surface area contributed by atoms with E-state index in [1.165, 1.54) is 30.3 Å². The number of hydrogen-bond donors (Lipinski definition) is 3. The van der Waals surface area contributed by atoms with Crippen molar-refractivity contribution < 1.29 is 4.79 Å². The van der Waals surface area contributed by atoms with Crippen molar-refractivity contribution in [1.82, 2.24) is 15.2 Å². The van der Waals surface area contributed by atoms with Gasteiger partial charge in [0.2, 0.25) is 5.91 Å². The SMILES string of the molecule is CCCC(=O)Nc1cccc(-c2ccc3[nH]nc(-c4cc5c(N6CCCCC6)cccc5[nH]4)c3c2)c1. The smallest absolute Gasteiger partial charge is 0.224 e. The third-order valence-electron chi connectivity index (χ3n) is 7.11. The van der Waals surface area contributed by atoms with Crippen molar-refractivity contribution in [2.75, 3.05) is 23.3 Å². The van der Waals surface area contributed by atoms with Gasteiger partial charge in [-0.25, -0.2) is 0 Å². The largest absolute Gasteiger partial charge is 0.371 e. The van der Waals surface area contributed by atoms with E-state index in [-0.39, 0.29) is 5.91 Å². The Balaban J connectivity index is 1.37. The van der Waals surface area contributed by atoms with Crippen LogP contribution < -0.4 is 10.2 Å². The van der Waals surface area contributed by atoms with E-state index in [4.69, 9.17) is 0 Å². The van der Waals surface area contributed by atoms with Gasteiger partial charge in [-0.1, -0.05) is 31.2 Å². The number of aromatic amines is 2. The first-order chi connectivity index (χ1) is 17.7. The van der Waals surface area contributed by atoms with Crippen LogP contribution in [-0.2, 0) is 4.79 Å². The highest BCUT2D eigenvalue weighted by Gasteiger charge is 2.17. The van der Waals surface area contributed by atoms with Crippen LogP contribution in [-0.4, -0.2) is 34.2 Å². The number of piperidine rings is 1. The summed E-state index contributed by atoms with van der Waals surface area (Å²) < 4.78 is 0. The Morgan fingerprint density at radius 3 is 2.61 bits per heavy atom. The third-order valence-corrected chi connectivity index (χ3v) is 7.11. The predicted octanol–water partition coefficient (Wildman–Crippen LogP) is 7.11. The van der Waals surface area contributed by atoms with Gasteiger partial charge in [-0.2, -0.15) is 5.10 Å². The second kappa shape index (κ2) is 9.53. The van der Waals surface area contributed by atoms with Crippen LogP contribution in [0.5, 0.6) is 0 Å². The number of amides is 1. The molecule has 1 aliphatic heterocycles. The number of fused-ring (bicyclic) bond motifs is 2. The zero-order valence-electron chi connectivity index (χ0n) is 20.6. The molecule has 1 amide bonds. The van der Waals surface area contributed by atoms with E-state index in [9.17, 15) is 4.79 Å². The molecule has 2 aromatic heterocycles. The summed E-state index contributed by atoms with van der Waals surface area (Å²) in [5, 5.41) is 13.2.